The number of hydrogen-bond donors (Lipinski definition) is 0. The molecule has 1 heteroatoms. The molecule has 0 nitrogen and oxygen atoms in total. The van der Waals surface area contributed by atoms with Crippen LogP contribution in [0.5, 0.6) is 0 Å². The molecule has 0 radical (unpaired) electrons. The van der Waals surface area contributed by atoms with Crippen molar-refractivity contribution in [3.8, 4) is 22.3 Å². The standard InChI is InChI=1S/C31H37F/c1-2-5-24-7-11-26(12-8-24)28-15-19-30(20-16-28)31-21-17-29(18-22-31)27-13-9-25(10-14-27)6-3-4-23-32/h9-10,13-22,24,26H,2-8,11-12,23H2,1H3. The summed E-state index contributed by atoms with van der Waals surface area (Å²) in [5.74, 6) is 1.71. The highest BCUT2D eigenvalue weighted by atomic mass is 19.1. The second kappa shape index (κ2) is 11.5. The molecule has 0 N–H and O–H groups in total. The van der Waals surface area contributed by atoms with E-state index in [0.29, 0.717) is 6.42 Å². The zero-order chi connectivity index (χ0) is 22.2. The maximum absolute atomic E-state index is 12.3. The Kier molecular flexibility index (Phi) is 8.15. The van der Waals surface area contributed by atoms with Crippen LogP contribution in [-0.2, 0) is 6.42 Å². The van der Waals surface area contributed by atoms with Crippen LogP contribution in [0.1, 0.15) is 75.3 Å². The number of halogens is 1. The van der Waals surface area contributed by atoms with Gasteiger partial charge in [-0.1, -0.05) is 92.6 Å². The molecule has 0 unspecified atom stereocenters. The van der Waals surface area contributed by atoms with Gasteiger partial charge in [-0.05, 0) is 90.2 Å². The fourth-order valence-electron chi connectivity index (χ4n) is 5.28. The first-order valence-corrected chi connectivity index (χ1v) is 12.6. The molecule has 3 aromatic carbocycles. The average Bonchev–Trinajstić information content (AvgIpc) is 2.86. The maximum atomic E-state index is 12.3. The van der Waals surface area contributed by atoms with E-state index in [1.807, 2.05) is 0 Å². The minimum absolute atomic E-state index is 0.215. The topological polar surface area (TPSA) is 0 Å². The van der Waals surface area contributed by atoms with Gasteiger partial charge in [-0.15, -0.1) is 0 Å². The van der Waals surface area contributed by atoms with Crippen LogP contribution < -0.4 is 0 Å². The van der Waals surface area contributed by atoms with E-state index in [4.69, 9.17) is 0 Å². The van der Waals surface area contributed by atoms with Gasteiger partial charge in [-0.3, -0.25) is 4.39 Å². The van der Waals surface area contributed by atoms with Crippen molar-refractivity contribution in [1.82, 2.24) is 0 Å². The molecule has 1 saturated carbocycles. The Morgan fingerprint density at radius 3 is 1.66 bits per heavy atom. The van der Waals surface area contributed by atoms with Gasteiger partial charge in [0.05, 0.1) is 6.67 Å². The summed E-state index contributed by atoms with van der Waals surface area (Å²) in [6.07, 6.45) is 10.8. The molecule has 0 bridgehead atoms. The van der Waals surface area contributed by atoms with Crippen LogP contribution in [0.3, 0.4) is 0 Å². The van der Waals surface area contributed by atoms with Gasteiger partial charge in [-0.25, -0.2) is 0 Å². The molecule has 1 aliphatic rings. The van der Waals surface area contributed by atoms with Crippen LogP contribution in [0, 0.1) is 5.92 Å². The fourth-order valence-corrected chi connectivity index (χ4v) is 5.28. The van der Waals surface area contributed by atoms with E-state index < -0.39 is 0 Å². The first-order chi connectivity index (χ1) is 15.8. The predicted octanol–water partition coefficient (Wildman–Crippen LogP) is 9.39. The quantitative estimate of drug-likeness (QED) is 0.298. The maximum Gasteiger partial charge on any atom is 0.0894 e. The Morgan fingerprint density at radius 1 is 0.656 bits per heavy atom. The summed E-state index contributed by atoms with van der Waals surface area (Å²) in [6.45, 7) is 2.10. The van der Waals surface area contributed by atoms with Crippen molar-refractivity contribution in [2.24, 2.45) is 5.92 Å². The normalized spacial score (nSPS) is 18.6. The monoisotopic (exact) mass is 428 g/mol. The van der Waals surface area contributed by atoms with Gasteiger partial charge in [0.1, 0.15) is 0 Å². The summed E-state index contributed by atoms with van der Waals surface area (Å²) in [5.41, 5.74) is 7.85. The van der Waals surface area contributed by atoms with Crippen LogP contribution in [0.25, 0.3) is 22.3 Å². The molecular formula is C31H37F. The third-order valence-corrected chi connectivity index (χ3v) is 7.28. The molecule has 0 aliphatic heterocycles. The molecule has 1 aliphatic carbocycles. The van der Waals surface area contributed by atoms with Crippen molar-refractivity contribution >= 4 is 0 Å². The average molecular weight is 429 g/mol. The molecule has 0 spiro atoms. The lowest BCUT2D eigenvalue weighted by molar-refractivity contribution is 0.308. The molecule has 1 fully saturated rings. The number of aryl methyl sites for hydroxylation is 1. The van der Waals surface area contributed by atoms with Gasteiger partial charge in [0, 0.05) is 0 Å². The Balaban J connectivity index is 1.37. The lowest BCUT2D eigenvalue weighted by atomic mass is 9.77. The van der Waals surface area contributed by atoms with E-state index in [0.717, 1.165) is 24.7 Å². The first kappa shape index (κ1) is 22.8. The molecule has 0 amide bonds. The van der Waals surface area contributed by atoms with Gasteiger partial charge in [-0.2, -0.15) is 0 Å². The van der Waals surface area contributed by atoms with Crippen LogP contribution in [0.2, 0.25) is 0 Å². The highest BCUT2D eigenvalue weighted by Crippen LogP contribution is 2.38. The van der Waals surface area contributed by atoms with Gasteiger partial charge in [0.15, 0.2) is 0 Å². The molecule has 0 aromatic heterocycles. The number of unbranched alkanes of at least 4 members (excludes halogenated alkanes) is 1. The largest absolute Gasteiger partial charge is 0.251 e. The number of hydrogen-bond acceptors (Lipinski definition) is 0. The van der Waals surface area contributed by atoms with E-state index in [9.17, 15) is 4.39 Å². The number of benzene rings is 3. The van der Waals surface area contributed by atoms with Crippen molar-refractivity contribution in [3.63, 3.8) is 0 Å². The first-order valence-electron chi connectivity index (χ1n) is 12.6. The van der Waals surface area contributed by atoms with Gasteiger partial charge >= 0.3 is 0 Å². The second-order valence-electron chi connectivity index (χ2n) is 9.55. The van der Waals surface area contributed by atoms with Crippen molar-refractivity contribution < 1.29 is 4.39 Å². The predicted molar refractivity (Wildman–Crippen MR) is 136 cm³/mol. The Morgan fingerprint density at radius 2 is 1.16 bits per heavy atom. The molecule has 3 aromatic rings. The van der Waals surface area contributed by atoms with Gasteiger partial charge < -0.3 is 0 Å². The Hall–Kier alpha value is -2.41. The minimum atomic E-state index is -0.215. The Bertz CT molecular complexity index is 929. The second-order valence-corrected chi connectivity index (χ2v) is 9.55. The van der Waals surface area contributed by atoms with Gasteiger partial charge in [0.25, 0.3) is 0 Å². The van der Waals surface area contributed by atoms with Gasteiger partial charge in [0.2, 0.25) is 0 Å². The lowest BCUT2D eigenvalue weighted by Crippen LogP contribution is -2.13. The molecule has 0 saturated heterocycles. The highest BCUT2D eigenvalue weighted by Gasteiger charge is 2.21. The van der Waals surface area contributed by atoms with E-state index in [1.54, 1.807) is 0 Å². The van der Waals surface area contributed by atoms with Crippen LogP contribution in [0.4, 0.5) is 4.39 Å². The summed E-state index contributed by atoms with van der Waals surface area (Å²) >= 11 is 0. The third kappa shape index (κ3) is 5.88. The molecule has 0 heterocycles. The van der Waals surface area contributed by atoms with Crippen molar-refractivity contribution in [3.05, 3.63) is 83.9 Å². The summed E-state index contributed by atoms with van der Waals surface area (Å²) < 4.78 is 12.3. The Labute approximate surface area is 193 Å². The molecule has 168 valence electrons. The minimum Gasteiger partial charge on any atom is -0.251 e. The van der Waals surface area contributed by atoms with Crippen molar-refractivity contribution in [1.29, 1.82) is 0 Å². The summed E-state index contributed by atoms with van der Waals surface area (Å²) in [4.78, 5) is 0. The number of rotatable bonds is 9. The van der Waals surface area contributed by atoms with Crippen LogP contribution in [-0.4, -0.2) is 6.67 Å². The van der Waals surface area contributed by atoms with Crippen LogP contribution >= 0.6 is 0 Å². The summed E-state index contributed by atoms with van der Waals surface area (Å²) in [6, 6.07) is 26.9. The SMILES string of the molecule is CCCC1CCC(c2ccc(-c3ccc(-c4ccc(CCCCF)cc4)cc3)cc2)CC1. The zero-order valence-corrected chi connectivity index (χ0v) is 19.5. The molecule has 4 rings (SSSR count). The van der Waals surface area contributed by atoms with E-state index >= 15 is 0 Å². The van der Waals surface area contributed by atoms with Crippen LogP contribution in [0.15, 0.2) is 72.8 Å². The smallest absolute Gasteiger partial charge is 0.0894 e. The number of alkyl halides is 1. The summed E-state index contributed by atoms with van der Waals surface area (Å²) in [7, 11) is 0. The molecule has 32 heavy (non-hydrogen) atoms. The fraction of sp³-hybridized carbons (Fsp3) is 0.419. The van der Waals surface area contributed by atoms with E-state index in [1.165, 1.54) is 71.9 Å². The van der Waals surface area contributed by atoms with Crippen molar-refractivity contribution in [2.45, 2.75) is 70.6 Å². The van der Waals surface area contributed by atoms with Crippen molar-refractivity contribution in [2.75, 3.05) is 6.67 Å². The van der Waals surface area contributed by atoms with E-state index in [2.05, 4.69) is 79.7 Å². The highest BCUT2D eigenvalue weighted by molar-refractivity contribution is 5.70. The third-order valence-electron chi connectivity index (χ3n) is 7.28. The zero-order valence-electron chi connectivity index (χ0n) is 19.5. The van der Waals surface area contributed by atoms with E-state index in [-0.39, 0.29) is 6.67 Å². The lowest BCUT2D eigenvalue weighted by Gasteiger charge is -2.28. The molecule has 0 atom stereocenters. The molecular weight excluding hydrogens is 391 g/mol. The summed E-state index contributed by atoms with van der Waals surface area (Å²) in [5, 5.41) is 0.